The number of halogens is 2. The average molecular weight is 661 g/mol. The molecule has 1 aromatic rings. The number of amides is 1. The normalized spacial score (nSPS) is 21.2. The first-order valence-electron chi connectivity index (χ1n) is 13.8. The van der Waals surface area contributed by atoms with Crippen LogP contribution >= 0.6 is 34.5 Å². The highest BCUT2D eigenvalue weighted by Crippen LogP contribution is 2.26. The molecule has 2 aliphatic heterocycles. The van der Waals surface area contributed by atoms with Crippen molar-refractivity contribution in [1.29, 1.82) is 0 Å². The van der Waals surface area contributed by atoms with Crippen molar-refractivity contribution >= 4 is 51.9 Å². The molecule has 0 bridgehead atoms. The molecule has 1 saturated carbocycles. The van der Waals surface area contributed by atoms with Crippen LogP contribution in [0.1, 0.15) is 54.9 Å². The van der Waals surface area contributed by atoms with E-state index in [1.165, 1.54) is 25.7 Å². The Bertz CT molecular complexity index is 1220. The van der Waals surface area contributed by atoms with Crippen LogP contribution in [0.15, 0.2) is 51.6 Å². The molecule has 1 unspecified atom stereocenters. The third-order valence-corrected chi connectivity index (χ3v) is 8.62. The fourth-order valence-corrected chi connectivity index (χ4v) is 6.16. The maximum absolute atomic E-state index is 13.4. The highest BCUT2D eigenvalue weighted by molar-refractivity contribution is 14.1. The van der Waals surface area contributed by atoms with Crippen molar-refractivity contribution in [3.05, 3.63) is 57.8 Å². The largest absolute Gasteiger partial charge is 0.390 e. The molecule has 2 heterocycles. The Morgan fingerprint density at radius 3 is 2.54 bits per heavy atom. The van der Waals surface area contributed by atoms with Crippen LogP contribution in [-0.2, 0) is 0 Å². The van der Waals surface area contributed by atoms with E-state index in [1.807, 2.05) is 36.2 Å². The van der Waals surface area contributed by atoms with Crippen LogP contribution in [0.4, 0.5) is 0 Å². The quantitative estimate of drug-likeness (QED) is 0.198. The first-order valence-corrected chi connectivity index (χ1v) is 15.3. The standard InChI is InChI=1S/C30H38ClIN6O/c1-4-27(33-2)25(12-9-21-10-14-28(36-32)35-20-21)29(34-3)22-11-13-24(26(31)19-22)30(39)38-17-15-37(16-18-38)23-7-5-6-8-23/h10-11,13-14,19,21,23,33H,4-8,15-18,20H2,1-3H3,(H,35,36)/b27-25-,34-29?. The van der Waals surface area contributed by atoms with Crippen molar-refractivity contribution in [3.8, 4) is 11.8 Å². The van der Waals surface area contributed by atoms with Gasteiger partial charge in [-0.3, -0.25) is 19.7 Å². The topological polar surface area (TPSA) is 72.3 Å². The van der Waals surface area contributed by atoms with Crippen molar-refractivity contribution in [3.63, 3.8) is 0 Å². The van der Waals surface area contributed by atoms with Gasteiger partial charge >= 0.3 is 0 Å². The lowest BCUT2D eigenvalue weighted by atomic mass is 9.97. The van der Waals surface area contributed by atoms with E-state index >= 15 is 0 Å². The number of aliphatic imine (C=N–C) groups is 2. The van der Waals surface area contributed by atoms with Gasteiger partial charge in [-0.05, 0) is 37.5 Å². The van der Waals surface area contributed by atoms with Crippen LogP contribution in [-0.4, -0.2) is 80.1 Å². The third-order valence-electron chi connectivity index (χ3n) is 7.76. The summed E-state index contributed by atoms with van der Waals surface area (Å²) in [6.07, 6.45) is 10.0. The second kappa shape index (κ2) is 14.3. The molecule has 208 valence electrons. The lowest BCUT2D eigenvalue weighted by Gasteiger charge is -2.38. The van der Waals surface area contributed by atoms with Gasteiger partial charge in [0.2, 0.25) is 0 Å². The summed E-state index contributed by atoms with van der Waals surface area (Å²) in [4.78, 5) is 27.0. The number of rotatable bonds is 6. The number of nitrogens with one attached hydrogen (secondary N) is 2. The van der Waals surface area contributed by atoms with Gasteiger partial charge in [-0.1, -0.05) is 55.3 Å². The smallest absolute Gasteiger partial charge is 0.255 e. The van der Waals surface area contributed by atoms with Crippen LogP contribution in [0.5, 0.6) is 0 Å². The molecule has 0 spiro atoms. The van der Waals surface area contributed by atoms with Crippen LogP contribution in [0.2, 0.25) is 5.02 Å². The summed E-state index contributed by atoms with van der Waals surface area (Å²) < 4.78 is 3.03. The highest BCUT2D eigenvalue weighted by Gasteiger charge is 2.29. The number of carbonyl (C=O) groups excluding carboxylic acids is 1. The number of allylic oxidation sites excluding steroid dienone is 2. The maximum Gasteiger partial charge on any atom is 0.255 e. The molecule has 39 heavy (non-hydrogen) atoms. The van der Waals surface area contributed by atoms with Gasteiger partial charge in [0, 0.05) is 57.6 Å². The van der Waals surface area contributed by atoms with E-state index in [0.29, 0.717) is 23.2 Å². The summed E-state index contributed by atoms with van der Waals surface area (Å²) in [5.41, 5.74) is 3.95. The van der Waals surface area contributed by atoms with Crippen LogP contribution < -0.4 is 8.85 Å². The monoisotopic (exact) mass is 660 g/mol. The van der Waals surface area contributed by atoms with Crippen molar-refractivity contribution < 1.29 is 4.79 Å². The minimum absolute atomic E-state index is 0.00218. The number of amidine groups is 1. The second-order valence-corrected chi connectivity index (χ2v) is 11.0. The molecule has 4 rings (SSSR count). The lowest BCUT2D eigenvalue weighted by molar-refractivity contribution is 0.0573. The van der Waals surface area contributed by atoms with Gasteiger partial charge in [-0.15, -0.1) is 0 Å². The van der Waals surface area contributed by atoms with Gasteiger partial charge in [-0.2, -0.15) is 0 Å². The molecule has 9 heteroatoms. The van der Waals surface area contributed by atoms with Gasteiger partial charge < -0.3 is 13.7 Å². The Morgan fingerprint density at radius 2 is 1.97 bits per heavy atom. The molecule has 1 amide bonds. The Balaban J connectivity index is 1.52. The minimum atomic E-state index is -0.00218. The lowest BCUT2D eigenvalue weighted by Crippen LogP contribution is -2.51. The zero-order chi connectivity index (χ0) is 27.8. The summed E-state index contributed by atoms with van der Waals surface area (Å²) in [7, 11) is 3.66. The van der Waals surface area contributed by atoms with E-state index < -0.39 is 0 Å². The van der Waals surface area contributed by atoms with Crippen molar-refractivity contribution in [2.24, 2.45) is 15.9 Å². The Kier molecular flexibility index (Phi) is 10.9. The summed E-state index contributed by atoms with van der Waals surface area (Å²) >= 11 is 8.82. The van der Waals surface area contributed by atoms with Crippen LogP contribution in [0.3, 0.4) is 0 Å². The molecule has 0 aromatic heterocycles. The number of carbonyl (C=O) groups is 1. The molecule has 2 fully saturated rings. The summed E-state index contributed by atoms with van der Waals surface area (Å²) in [6.45, 7) is 6.06. The Morgan fingerprint density at radius 1 is 1.23 bits per heavy atom. The van der Waals surface area contributed by atoms with Gasteiger partial charge in [0.25, 0.3) is 5.91 Å². The minimum Gasteiger partial charge on any atom is -0.390 e. The molecule has 3 aliphatic rings. The van der Waals surface area contributed by atoms with Gasteiger partial charge in [0.15, 0.2) is 0 Å². The highest BCUT2D eigenvalue weighted by atomic mass is 127. The predicted molar refractivity (Wildman–Crippen MR) is 170 cm³/mol. The first kappa shape index (κ1) is 29.6. The summed E-state index contributed by atoms with van der Waals surface area (Å²) in [5, 5.41) is 3.73. The number of dihydropyridines is 1. The average Bonchev–Trinajstić information content (AvgIpc) is 3.52. The van der Waals surface area contributed by atoms with E-state index in [4.69, 9.17) is 11.6 Å². The molecular formula is C30H38ClIN6O. The number of nitrogens with zero attached hydrogens (tertiary/aromatic N) is 4. The Labute approximate surface area is 251 Å². The van der Waals surface area contributed by atoms with Crippen LogP contribution in [0.25, 0.3) is 0 Å². The third kappa shape index (κ3) is 7.24. The number of benzene rings is 1. The van der Waals surface area contributed by atoms with Gasteiger partial charge in [-0.25, -0.2) is 0 Å². The van der Waals surface area contributed by atoms with E-state index in [1.54, 1.807) is 7.05 Å². The molecule has 7 nitrogen and oxygen atoms in total. The first-order chi connectivity index (χ1) is 19.0. The molecule has 2 N–H and O–H groups in total. The zero-order valence-electron chi connectivity index (χ0n) is 23.1. The van der Waals surface area contributed by atoms with Crippen molar-refractivity contribution in [2.45, 2.75) is 45.1 Å². The van der Waals surface area contributed by atoms with Crippen molar-refractivity contribution in [2.75, 3.05) is 46.8 Å². The molecule has 1 aromatic carbocycles. The zero-order valence-corrected chi connectivity index (χ0v) is 26.0. The molecule has 1 atom stereocenters. The van der Waals surface area contributed by atoms with Crippen LogP contribution in [0, 0.1) is 17.8 Å². The molecule has 1 saturated heterocycles. The van der Waals surface area contributed by atoms with E-state index in [0.717, 1.165) is 61.0 Å². The predicted octanol–water partition coefficient (Wildman–Crippen LogP) is 4.87. The second-order valence-electron chi connectivity index (χ2n) is 10.0. The maximum atomic E-state index is 13.4. The van der Waals surface area contributed by atoms with E-state index in [2.05, 4.69) is 71.4 Å². The molecule has 1 aliphatic carbocycles. The van der Waals surface area contributed by atoms with Gasteiger partial charge in [0.05, 0.1) is 57.2 Å². The summed E-state index contributed by atoms with van der Waals surface area (Å²) in [5.74, 6) is 7.62. The fraction of sp³-hybridized carbons (Fsp3) is 0.500. The number of piperazine rings is 1. The number of hydrogen-bond donors (Lipinski definition) is 2. The number of hydrogen-bond acceptors (Lipinski definition) is 6. The summed E-state index contributed by atoms with van der Waals surface area (Å²) in [6, 6.07) is 6.31. The Hall–Kier alpha value is -2.35. The fourth-order valence-electron chi connectivity index (χ4n) is 5.54. The van der Waals surface area contributed by atoms with Crippen molar-refractivity contribution in [1.82, 2.24) is 18.6 Å². The van der Waals surface area contributed by atoms with Gasteiger partial charge in [0.1, 0.15) is 5.84 Å². The SMILES string of the molecule is CC/C(NC)=C(\C#CC1C=CC(NI)=NC1)C(=NC)c1ccc(C(=O)N2CCN(C3CCCC3)CC2)c(Cl)c1. The van der Waals surface area contributed by atoms with E-state index in [9.17, 15) is 4.79 Å². The van der Waals surface area contributed by atoms with E-state index in [-0.39, 0.29) is 11.8 Å². The molecule has 0 radical (unpaired) electrons. The molecular weight excluding hydrogens is 623 g/mol.